The van der Waals surface area contributed by atoms with E-state index in [1.807, 2.05) is 30.3 Å². The molecule has 0 bridgehead atoms. The summed E-state index contributed by atoms with van der Waals surface area (Å²) in [7, 11) is 0. The number of fused-ring (bicyclic) bond motifs is 1. The Morgan fingerprint density at radius 1 is 0.720 bits per heavy atom. The molecule has 0 aromatic heterocycles. The van der Waals surface area contributed by atoms with E-state index in [2.05, 4.69) is 55.5 Å². The van der Waals surface area contributed by atoms with Crippen LogP contribution < -0.4 is 0 Å². The third-order valence-corrected chi connectivity index (χ3v) is 5.10. The Hall–Kier alpha value is -2.28. The molecule has 25 heavy (non-hydrogen) atoms. The van der Waals surface area contributed by atoms with Gasteiger partial charge in [0.05, 0.1) is 10.0 Å². The highest BCUT2D eigenvalue weighted by atomic mass is 35.5. The van der Waals surface area contributed by atoms with Gasteiger partial charge in [0, 0.05) is 0 Å². The fourth-order valence-electron chi connectivity index (χ4n) is 3.01. The van der Waals surface area contributed by atoms with Crippen LogP contribution in [0.1, 0.15) is 5.56 Å². The third-order valence-electron chi connectivity index (χ3n) is 4.36. The van der Waals surface area contributed by atoms with Gasteiger partial charge in [0.1, 0.15) is 0 Å². The predicted octanol–water partition coefficient (Wildman–Crippen LogP) is 7.59. The van der Waals surface area contributed by atoms with Gasteiger partial charge >= 0.3 is 0 Å². The van der Waals surface area contributed by atoms with Crippen LogP contribution in [-0.2, 0) is 0 Å². The molecule has 2 heteroatoms. The van der Waals surface area contributed by atoms with Gasteiger partial charge in [0.15, 0.2) is 0 Å². The molecule has 0 aliphatic rings. The monoisotopic (exact) mass is 361 g/mol. The van der Waals surface area contributed by atoms with Gasteiger partial charge in [-0.15, -0.1) is 0 Å². The van der Waals surface area contributed by atoms with E-state index in [9.17, 15) is 0 Å². The van der Waals surface area contributed by atoms with Gasteiger partial charge in [0.2, 0.25) is 0 Å². The number of halogens is 2. The van der Waals surface area contributed by atoms with Crippen LogP contribution in [-0.4, -0.2) is 0 Å². The van der Waals surface area contributed by atoms with Crippen LogP contribution >= 0.6 is 23.2 Å². The van der Waals surface area contributed by atoms with Crippen LogP contribution in [0.5, 0.6) is 0 Å². The van der Waals surface area contributed by atoms with Gasteiger partial charge < -0.3 is 0 Å². The molecule has 0 amide bonds. The van der Waals surface area contributed by atoms with Crippen molar-refractivity contribution in [1.82, 2.24) is 0 Å². The molecule has 0 saturated heterocycles. The Labute approximate surface area is 157 Å². The Morgan fingerprint density at radius 3 is 2.20 bits per heavy atom. The fraction of sp³-hybridized carbons (Fsp3) is 0.0435. The quantitative estimate of drug-likeness (QED) is 0.345. The topological polar surface area (TPSA) is 0 Å². The third kappa shape index (κ3) is 3.16. The second-order valence-corrected chi connectivity index (χ2v) is 6.95. The van der Waals surface area contributed by atoms with Crippen LogP contribution in [0, 0.1) is 13.0 Å². The lowest BCUT2D eigenvalue weighted by atomic mass is 9.91. The number of hydrogen-bond acceptors (Lipinski definition) is 0. The summed E-state index contributed by atoms with van der Waals surface area (Å²) < 4.78 is 0. The molecular formula is C23H15Cl2. The molecule has 0 aliphatic heterocycles. The van der Waals surface area contributed by atoms with Gasteiger partial charge in [-0.05, 0) is 64.2 Å². The number of hydrogen-bond donors (Lipinski definition) is 0. The first kappa shape index (κ1) is 16.2. The highest BCUT2D eigenvalue weighted by Gasteiger charge is 2.11. The molecule has 0 nitrogen and oxygen atoms in total. The molecule has 0 saturated carbocycles. The summed E-state index contributed by atoms with van der Waals surface area (Å²) in [6, 6.07) is 28.3. The Morgan fingerprint density at radius 2 is 1.44 bits per heavy atom. The van der Waals surface area contributed by atoms with E-state index in [1.54, 1.807) is 0 Å². The highest BCUT2D eigenvalue weighted by molar-refractivity contribution is 6.42. The maximum absolute atomic E-state index is 6.26. The zero-order chi connectivity index (χ0) is 17.4. The predicted molar refractivity (Wildman–Crippen MR) is 108 cm³/mol. The van der Waals surface area contributed by atoms with Crippen LogP contribution in [0.4, 0.5) is 0 Å². The largest absolute Gasteiger partial charge is 0.0827 e. The Kier molecular flexibility index (Phi) is 4.25. The molecular weight excluding hydrogens is 347 g/mol. The lowest BCUT2D eigenvalue weighted by Gasteiger charge is -2.13. The van der Waals surface area contributed by atoms with E-state index in [0.717, 1.165) is 27.6 Å². The first-order valence-corrected chi connectivity index (χ1v) is 8.85. The molecule has 0 aliphatic carbocycles. The van der Waals surface area contributed by atoms with E-state index in [0.29, 0.717) is 10.0 Å². The Bertz CT molecular complexity index is 1060. The molecule has 0 fully saturated rings. The molecule has 0 spiro atoms. The normalized spacial score (nSPS) is 11.0. The van der Waals surface area contributed by atoms with Crippen molar-refractivity contribution in [1.29, 1.82) is 0 Å². The smallest absolute Gasteiger partial charge is 0.0598 e. The molecule has 4 aromatic rings. The average Bonchev–Trinajstić information content (AvgIpc) is 2.63. The maximum Gasteiger partial charge on any atom is 0.0598 e. The van der Waals surface area contributed by atoms with Crippen LogP contribution in [0.25, 0.3) is 33.0 Å². The van der Waals surface area contributed by atoms with E-state index in [-0.39, 0.29) is 0 Å². The van der Waals surface area contributed by atoms with Crippen molar-refractivity contribution in [2.45, 2.75) is 6.92 Å². The van der Waals surface area contributed by atoms with Crippen LogP contribution in [0.2, 0.25) is 10.0 Å². The van der Waals surface area contributed by atoms with Crippen LogP contribution in [0.3, 0.4) is 0 Å². The summed E-state index contributed by atoms with van der Waals surface area (Å²) in [6.07, 6.45) is 0. The molecule has 0 atom stereocenters. The standard InChI is InChI=1S/C23H15Cl2/c1-15-6-8-16(9-7-15)20-12-17-4-2-3-5-18(17)13-21(20)19-10-11-22(24)23(25)14-19/h2-12,14H,1H3. The summed E-state index contributed by atoms with van der Waals surface area (Å²) in [5.41, 5.74) is 5.58. The zero-order valence-electron chi connectivity index (χ0n) is 13.7. The fourth-order valence-corrected chi connectivity index (χ4v) is 3.30. The van der Waals surface area contributed by atoms with Crippen molar-refractivity contribution in [2.24, 2.45) is 0 Å². The van der Waals surface area contributed by atoms with Gasteiger partial charge in [-0.2, -0.15) is 0 Å². The average molecular weight is 362 g/mol. The molecule has 4 rings (SSSR count). The van der Waals surface area contributed by atoms with Crippen molar-refractivity contribution in [3.63, 3.8) is 0 Å². The minimum atomic E-state index is 0.551. The van der Waals surface area contributed by atoms with Crippen molar-refractivity contribution < 1.29 is 0 Å². The van der Waals surface area contributed by atoms with Crippen molar-refractivity contribution in [3.05, 3.63) is 94.5 Å². The molecule has 4 aromatic carbocycles. The van der Waals surface area contributed by atoms with E-state index in [1.165, 1.54) is 10.9 Å². The zero-order valence-corrected chi connectivity index (χ0v) is 15.2. The molecule has 0 unspecified atom stereocenters. The molecule has 121 valence electrons. The summed E-state index contributed by atoms with van der Waals surface area (Å²) >= 11 is 12.4. The minimum absolute atomic E-state index is 0.551. The van der Waals surface area contributed by atoms with Gasteiger partial charge in [-0.3, -0.25) is 0 Å². The van der Waals surface area contributed by atoms with E-state index >= 15 is 0 Å². The van der Waals surface area contributed by atoms with E-state index < -0.39 is 0 Å². The Balaban J connectivity index is 2.01. The van der Waals surface area contributed by atoms with Crippen LogP contribution in [0.15, 0.2) is 72.8 Å². The molecule has 0 N–H and O–H groups in total. The number of rotatable bonds is 2. The lowest BCUT2D eigenvalue weighted by Crippen LogP contribution is -1.88. The van der Waals surface area contributed by atoms with Gasteiger partial charge in [0.25, 0.3) is 0 Å². The van der Waals surface area contributed by atoms with Crippen molar-refractivity contribution in [3.8, 4) is 22.3 Å². The second kappa shape index (κ2) is 6.55. The maximum atomic E-state index is 6.26. The summed E-state index contributed by atoms with van der Waals surface area (Å²) in [4.78, 5) is 0. The van der Waals surface area contributed by atoms with Crippen molar-refractivity contribution in [2.75, 3.05) is 0 Å². The number of aryl methyl sites for hydroxylation is 1. The lowest BCUT2D eigenvalue weighted by molar-refractivity contribution is 1.47. The summed E-state index contributed by atoms with van der Waals surface area (Å²) in [5.74, 6) is 0. The number of benzene rings is 4. The summed E-state index contributed by atoms with van der Waals surface area (Å²) in [6.45, 7) is 2.09. The second-order valence-electron chi connectivity index (χ2n) is 6.14. The van der Waals surface area contributed by atoms with E-state index in [4.69, 9.17) is 23.2 Å². The first-order valence-electron chi connectivity index (χ1n) is 8.09. The van der Waals surface area contributed by atoms with Crippen molar-refractivity contribution >= 4 is 34.0 Å². The molecule has 0 heterocycles. The van der Waals surface area contributed by atoms with Gasteiger partial charge in [-0.25, -0.2) is 0 Å². The van der Waals surface area contributed by atoms with Gasteiger partial charge in [-0.1, -0.05) is 83.4 Å². The minimum Gasteiger partial charge on any atom is -0.0827 e. The molecule has 1 radical (unpaired) electrons. The highest BCUT2D eigenvalue weighted by Crippen LogP contribution is 2.37. The SMILES string of the molecule is Cc1ccc(-c2cc3ccccc3[c]c2-c2ccc(Cl)c(Cl)c2)cc1. The first-order chi connectivity index (χ1) is 12.1. The summed E-state index contributed by atoms with van der Waals surface area (Å²) in [5, 5.41) is 3.36.